The lowest BCUT2D eigenvalue weighted by Gasteiger charge is -2.19. The van der Waals surface area contributed by atoms with Gasteiger partial charge in [-0.2, -0.15) is 0 Å². The first-order valence-corrected chi connectivity index (χ1v) is 11.8. The van der Waals surface area contributed by atoms with Crippen molar-refractivity contribution in [1.29, 1.82) is 0 Å². The first kappa shape index (κ1) is 24.8. The molecule has 8 heteroatoms. The number of hydrogen-bond acceptors (Lipinski definition) is 5. The number of hydrogen-bond donors (Lipinski definition) is 3. The standard InChI is InChI=1S/C28H28N2O6/c31-26-14-12-22(29-26)27(32)30-23(28(33)34)15-21-11-13-24(35-17-19-7-3-1-4-8-19)25(16-21)36-18-20-9-5-2-6-10-20/h1-11,13,16,22-23H,12,14-15,17-18H2,(H,29,31)(H,30,32)(H,33,34)/t22-,23-/m1/s1. The molecule has 2 atom stereocenters. The van der Waals surface area contributed by atoms with Crippen molar-refractivity contribution in [3.8, 4) is 11.5 Å². The SMILES string of the molecule is O=C1CC[C@H](C(=O)N[C@H](Cc2ccc(OCc3ccccc3)c(OCc3ccccc3)c2)C(=O)O)N1. The van der Waals surface area contributed by atoms with E-state index in [4.69, 9.17) is 9.47 Å². The number of benzene rings is 3. The molecule has 3 aromatic rings. The highest BCUT2D eigenvalue weighted by atomic mass is 16.5. The van der Waals surface area contributed by atoms with E-state index < -0.39 is 24.0 Å². The normalized spacial score (nSPS) is 15.6. The van der Waals surface area contributed by atoms with Gasteiger partial charge in [-0.05, 0) is 35.2 Å². The third kappa shape index (κ3) is 6.85. The quantitative estimate of drug-likeness (QED) is 0.382. The molecule has 1 saturated heterocycles. The van der Waals surface area contributed by atoms with Gasteiger partial charge < -0.3 is 25.2 Å². The third-order valence-electron chi connectivity index (χ3n) is 5.85. The zero-order valence-corrected chi connectivity index (χ0v) is 19.7. The minimum absolute atomic E-state index is 0.0440. The molecule has 36 heavy (non-hydrogen) atoms. The molecule has 2 amide bonds. The highest BCUT2D eigenvalue weighted by Crippen LogP contribution is 2.30. The molecule has 0 aromatic heterocycles. The van der Waals surface area contributed by atoms with Gasteiger partial charge in [-0.15, -0.1) is 0 Å². The minimum Gasteiger partial charge on any atom is -0.485 e. The van der Waals surface area contributed by atoms with Crippen molar-refractivity contribution in [2.24, 2.45) is 0 Å². The van der Waals surface area contributed by atoms with E-state index in [1.165, 1.54) is 0 Å². The Morgan fingerprint density at radius 1 is 0.889 bits per heavy atom. The van der Waals surface area contributed by atoms with E-state index in [1.54, 1.807) is 18.2 Å². The summed E-state index contributed by atoms with van der Waals surface area (Å²) < 4.78 is 12.1. The summed E-state index contributed by atoms with van der Waals surface area (Å²) in [5.41, 5.74) is 2.64. The minimum atomic E-state index is -1.16. The lowest BCUT2D eigenvalue weighted by atomic mass is 10.0. The van der Waals surface area contributed by atoms with Gasteiger partial charge in [0.1, 0.15) is 25.3 Å². The van der Waals surface area contributed by atoms with E-state index in [9.17, 15) is 19.5 Å². The van der Waals surface area contributed by atoms with Crippen LogP contribution >= 0.6 is 0 Å². The Morgan fingerprint density at radius 3 is 2.06 bits per heavy atom. The molecule has 1 aliphatic heterocycles. The average molecular weight is 489 g/mol. The van der Waals surface area contributed by atoms with Crippen LogP contribution in [0.1, 0.15) is 29.5 Å². The number of aliphatic carboxylic acids is 1. The van der Waals surface area contributed by atoms with Crippen LogP contribution in [0.4, 0.5) is 0 Å². The van der Waals surface area contributed by atoms with Gasteiger partial charge in [0.2, 0.25) is 11.8 Å². The number of nitrogens with one attached hydrogen (secondary N) is 2. The second-order valence-corrected chi connectivity index (χ2v) is 8.59. The molecule has 0 spiro atoms. The van der Waals surface area contributed by atoms with Crippen molar-refractivity contribution < 1.29 is 29.0 Å². The van der Waals surface area contributed by atoms with Gasteiger partial charge in [-0.3, -0.25) is 9.59 Å². The summed E-state index contributed by atoms with van der Waals surface area (Å²) in [6.45, 7) is 0.662. The van der Waals surface area contributed by atoms with Crippen LogP contribution in [-0.4, -0.2) is 35.0 Å². The zero-order chi connectivity index (χ0) is 25.3. The second-order valence-electron chi connectivity index (χ2n) is 8.59. The fraction of sp³-hybridized carbons (Fsp3) is 0.250. The van der Waals surface area contributed by atoms with Crippen molar-refractivity contribution in [2.45, 2.75) is 44.6 Å². The number of rotatable bonds is 11. The summed E-state index contributed by atoms with van der Waals surface area (Å²) in [5, 5.41) is 14.8. The number of carbonyl (C=O) groups excluding carboxylic acids is 2. The van der Waals surface area contributed by atoms with Gasteiger partial charge in [0.05, 0.1) is 0 Å². The summed E-state index contributed by atoms with van der Waals surface area (Å²) in [4.78, 5) is 35.8. The second kappa shape index (κ2) is 11.9. The molecular formula is C28H28N2O6. The highest BCUT2D eigenvalue weighted by Gasteiger charge is 2.30. The van der Waals surface area contributed by atoms with E-state index in [0.29, 0.717) is 36.7 Å². The van der Waals surface area contributed by atoms with Crippen molar-refractivity contribution >= 4 is 17.8 Å². The Bertz CT molecular complexity index is 1200. The molecule has 3 aromatic carbocycles. The molecule has 3 N–H and O–H groups in total. The summed E-state index contributed by atoms with van der Waals surface area (Å²) >= 11 is 0. The Hall–Kier alpha value is -4.33. The predicted octanol–water partition coefficient (Wildman–Crippen LogP) is 3.24. The van der Waals surface area contributed by atoms with Crippen LogP contribution in [0.3, 0.4) is 0 Å². The molecular weight excluding hydrogens is 460 g/mol. The van der Waals surface area contributed by atoms with E-state index in [1.807, 2.05) is 60.7 Å². The molecule has 8 nitrogen and oxygen atoms in total. The molecule has 186 valence electrons. The van der Waals surface area contributed by atoms with Crippen LogP contribution in [0, 0.1) is 0 Å². The van der Waals surface area contributed by atoms with Crippen molar-refractivity contribution in [1.82, 2.24) is 10.6 Å². The summed E-state index contributed by atoms with van der Waals surface area (Å²) in [6.07, 6.45) is 0.646. The molecule has 0 aliphatic carbocycles. The number of ether oxygens (including phenoxy) is 2. The first-order chi connectivity index (χ1) is 17.5. The fourth-order valence-corrected chi connectivity index (χ4v) is 3.90. The van der Waals surface area contributed by atoms with Gasteiger partial charge in [-0.1, -0.05) is 66.7 Å². The average Bonchev–Trinajstić information content (AvgIpc) is 3.34. The van der Waals surface area contributed by atoms with E-state index in [-0.39, 0.29) is 18.7 Å². The monoisotopic (exact) mass is 488 g/mol. The van der Waals surface area contributed by atoms with Gasteiger partial charge in [0.15, 0.2) is 11.5 Å². The van der Waals surface area contributed by atoms with E-state index in [2.05, 4.69) is 10.6 Å². The zero-order valence-electron chi connectivity index (χ0n) is 19.7. The van der Waals surface area contributed by atoms with E-state index >= 15 is 0 Å². The summed E-state index contributed by atoms with van der Waals surface area (Å²) in [7, 11) is 0. The molecule has 1 fully saturated rings. The number of carboxylic acid groups (broad SMARTS) is 1. The molecule has 1 heterocycles. The molecule has 4 rings (SSSR count). The Balaban J connectivity index is 1.49. The molecule has 0 unspecified atom stereocenters. The van der Waals surface area contributed by atoms with Gasteiger partial charge in [0.25, 0.3) is 0 Å². The maximum absolute atomic E-state index is 12.5. The van der Waals surface area contributed by atoms with Gasteiger partial charge in [0, 0.05) is 12.8 Å². The van der Waals surface area contributed by atoms with E-state index in [0.717, 1.165) is 11.1 Å². The van der Waals surface area contributed by atoms with Crippen LogP contribution in [0.15, 0.2) is 78.9 Å². The third-order valence-corrected chi connectivity index (χ3v) is 5.85. The van der Waals surface area contributed by atoms with Crippen LogP contribution < -0.4 is 20.1 Å². The van der Waals surface area contributed by atoms with Crippen LogP contribution in [0.5, 0.6) is 11.5 Å². The van der Waals surface area contributed by atoms with Crippen molar-refractivity contribution in [2.75, 3.05) is 0 Å². The maximum atomic E-state index is 12.5. The number of carbonyl (C=O) groups is 3. The Morgan fingerprint density at radius 2 is 1.50 bits per heavy atom. The maximum Gasteiger partial charge on any atom is 0.326 e. The largest absolute Gasteiger partial charge is 0.485 e. The lowest BCUT2D eigenvalue weighted by molar-refractivity contribution is -0.142. The van der Waals surface area contributed by atoms with Gasteiger partial charge in [-0.25, -0.2) is 4.79 Å². The first-order valence-electron chi connectivity index (χ1n) is 11.8. The molecule has 1 aliphatic rings. The summed E-state index contributed by atoms with van der Waals surface area (Å²) in [5.74, 6) is -0.873. The topological polar surface area (TPSA) is 114 Å². The smallest absolute Gasteiger partial charge is 0.326 e. The van der Waals surface area contributed by atoms with Crippen molar-refractivity contribution in [3.05, 3.63) is 95.6 Å². The Kier molecular flexibility index (Phi) is 8.18. The Labute approximate surface area is 209 Å². The molecule has 0 saturated carbocycles. The highest BCUT2D eigenvalue weighted by molar-refractivity contribution is 5.92. The number of amides is 2. The van der Waals surface area contributed by atoms with Crippen LogP contribution in [0.2, 0.25) is 0 Å². The van der Waals surface area contributed by atoms with Crippen molar-refractivity contribution in [3.63, 3.8) is 0 Å². The lowest BCUT2D eigenvalue weighted by Crippen LogP contribution is -2.49. The predicted molar refractivity (Wildman–Crippen MR) is 132 cm³/mol. The number of carboxylic acids is 1. The van der Waals surface area contributed by atoms with Crippen LogP contribution in [0.25, 0.3) is 0 Å². The van der Waals surface area contributed by atoms with Crippen LogP contribution in [-0.2, 0) is 34.0 Å². The van der Waals surface area contributed by atoms with Gasteiger partial charge >= 0.3 is 5.97 Å². The fourth-order valence-electron chi connectivity index (χ4n) is 3.90. The molecule has 0 bridgehead atoms. The molecule has 0 radical (unpaired) electrons. The summed E-state index contributed by atoms with van der Waals surface area (Å²) in [6, 6.07) is 22.8.